The number of aromatic nitrogens is 1. The van der Waals surface area contributed by atoms with Crippen molar-refractivity contribution in [2.24, 2.45) is 5.73 Å². The quantitative estimate of drug-likeness (QED) is 0.320. The van der Waals surface area contributed by atoms with Gasteiger partial charge in [-0.2, -0.15) is 18.4 Å². The Morgan fingerprint density at radius 1 is 1.32 bits per heavy atom. The minimum Gasteiger partial charge on any atom is -0.395 e. The van der Waals surface area contributed by atoms with E-state index in [0.717, 1.165) is 6.07 Å². The molecule has 186 valence electrons. The maximum absolute atomic E-state index is 13.8. The van der Waals surface area contributed by atoms with Crippen LogP contribution in [0.3, 0.4) is 0 Å². The third-order valence-corrected chi connectivity index (χ3v) is 5.36. The van der Waals surface area contributed by atoms with Crippen molar-refractivity contribution < 1.29 is 13.2 Å². The van der Waals surface area contributed by atoms with E-state index in [1.54, 1.807) is 19.2 Å². The number of pyridine rings is 1. The second-order valence-corrected chi connectivity index (χ2v) is 7.52. The van der Waals surface area contributed by atoms with Crippen molar-refractivity contribution in [3.05, 3.63) is 53.7 Å². The number of rotatable bonds is 10. The molecule has 34 heavy (non-hydrogen) atoms. The molecule has 10 heteroatoms. The van der Waals surface area contributed by atoms with Crippen LogP contribution in [0.4, 0.5) is 24.5 Å². The van der Waals surface area contributed by atoms with Crippen LogP contribution in [0.1, 0.15) is 30.2 Å². The molecule has 0 aliphatic heterocycles. The lowest BCUT2D eigenvalue weighted by atomic mass is 9.97. The van der Waals surface area contributed by atoms with Gasteiger partial charge in [-0.05, 0) is 44.0 Å². The standard InChI is InChI=1S/C23H29F3N6.CH3Cl/c1-4-9-32(15(2)13-27)10-5-6-16-7-8-17(11-18(16)23(24,25)26)19-12-20(30-3)22(29)21(14-28)31-19;1-2/h4,7-8,11-12,15H,1,5-6,9-10,13,27,29H2,2-3H3,(H,30,31);1H3. The summed E-state index contributed by atoms with van der Waals surface area (Å²) in [7, 11) is 1.61. The van der Waals surface area contributed by atoms with Gasteiger partial charge in [0, 0.05) is 38.1 Å². The fraction of sp³-hybridized carbons (Fsp3) is 0.417. The molecule has 1 unspecified atom stereocenters. The molecule has 0 spiro atoms. The molecule has 0 fully saturated rings. The first-order chi connectivity index (χ1) is 16.2. The van der Waals surface area contributed by atoms with Crippen molar-refractivity contribution in [3.63, 3.8) is 0 Å². The number of hydrogen-bond acceptors (Lipinski definition) is 6. The first-order valence-electron chi connectivity index (χ1n) is 10.7. The van der Waals surface area contributed by atoms with Gasteiger partial charge in [0.05, 0.1) is 22.6 Å². The van der Waals surface area contributed by atoms with Crippen LogP contribution in [-0.2, 0) is 12.6 Å². The van der Waals surface area contributed by atoms with E-state index in [9.17, 15) is 18.4 Å². The van der Waals surface area contributed by atoms with Crippen LogP contribution < -0.4 is 16.8 Å². The Hall–Kier alpha value is -2.80. The molecule has 0 radical (unpaired) electrons. The summed E-state index contributed by atoms with van der Waals surface area (Å²) in [5, 5.41) is 12.1. The predicted molar refractivity (Wildman–Crippen MR) is 134 cm³/mol. The van der Waals surface area contributed by atoms with Crippen molar-refractivity contribution in [1.29, 1.82) is 5.26 Å². The Morgan fingerprint density at radius 2 is 2.00 bits per heavy atom. The van der Waals surface area contributed by atoms with Crippen LogP contribution in [0.5, 0.6) is 0 Å². The van der Waals surface area contributed by atoms with Crippen molar-refractivity contribution >= 4 is 23.0 Å². The summed E-state index contributed by atoms with van der Waals surface area (Å²) in [5.41, 5.74) is 12.1. The maximum atomic E-state index is 13.8. The molecule has 1 aromatic heterocycles. The lowest BCUT2D eigenvalue weighted by Gasteiger charge is -2.27. The molecular formula is C24H32ClF3N6. The number of hydrogen-bond donors (Lipinski definition) is 3. The summed E-state index contributed by atoms with van der Waals surface area (Å²) in [4.78, 5) is 6.23. The number of nitrogens with zero attached hydrogens (tertiary/aromatic N) is 3. The molecule has 2 aromatic rings. The smallest absolute Gasteiger partial charge is 0.395 e. The second kappa shape index (κ2) is 13.8. The average molecular weight is 497 g/mol. The fourth-order valence-electron chi connectivity index (χ4n) is 3.49. The number of nitrogens with two attached hydrogens (primary N) is 2. The molecule has 1 aromatic carbocycles. The van der Waals surface area contributed by atoms with Gasteiger partial charge in [-0.25, -0.2) is 4.98 Å². The van der Waals surface area contributed by atoms with Crippen molar-refractivity contribution in [3.8, 4) is 17.3 Å². The van der Waals surface area contributed by atoms with Gasteiger partial charge in [-0.15, -0.1) is 18.2 Å². The number of anilines is 2. The summed E-state index contributed by atoms with van der Waals surface area (Å²) >= 11 is 4.64. The van der Waals surface area contributed by atoms with E-state index < -0.39 is 11.7 Å². The van der Waals surface area contributed by atoms with E-state index >= 15 is 0 Å². The first kappa shape index (κ1) is 29.2. The van der Waals surface area contributed by atoms with Gasteiger partial charge in [0.25, 0.3) is 0 Å². The molecule has 0 saturated heterocycles. The topological polar surface area (TPSA) is 104 Å². The number of aryl methyl sites for hydroxylation is 1. The summed E-state index contributed by atoms with van der Waals surface area (Å²) in [6.45, 7) is 7.41. The van der Waals surface area contributed by atoms with Crippen LogP contribution in [-0.4, -0.2) is 49.0 Å². The van der Waals surface area contributed by atoms with E-state index in [1.807, 2.05) is 13.0 Å². The Bertz CT molecular complexity index is 988. The van der Waals surface area contributed by atoms with E-state index in [1.165, 1.54) is 18.5 Å². The number of nitrogen functional groups attached to an aromatic ring is 1. The van der Waals surface area contributed by atoms with Gasteiger partial charge < -0.3 is 16.8 Å². The molecule has 2 rings (SSSR count). The van der Waals surface area contributed by atoms with Crippen molar-refractivity contribution in [1.82, 2.24) is 9.88 Å². The minimum atomic E-state index is -4.52. The van der Waals surface area contributed by atoms with E-state index in [-0.39, 0.29) is 40.7 Å². The maximum Gasteiger partial charge on any atom is 0.416 e. The van der Waals surface area contributed by atoms with Crippen molar-refractivity contribution in [2.45, 2.75) is 32.0 Å². The van der Waals surface area contributed by atoms with Crippen LogP contribution in [0.2, 0.25) is 0 Å². The van der Waals surface area contributed by atoms with E-state index in [4.69, 9.17) is 11.5 Å². The molecule has 6 nitrogen and oxygen atoms in total. The van der Waals surface area contributed by atoms with Crippen LogP contribution in [0.25, 0.3) is 11.3 Å². The number of benzene rings is 1. The SMILES string of the molecule is C=CCN(CCCc1ccc(-c2cc(NC)c(N)c(C#N)n2)cc1C(F)(F)F)C(C)CN.CCl. The highest BCUT2D eigenvalue weighted by molar-refractivity contribution is 6.15. The average Bonchev–Trinajstić information content (AvgIpc) is 2.83. The molecular weight excluding hydrogens is 465 g/mol. The highest BCUT2D eigenvalue weighted by Gasteiger charge is 2.33. The summed E-state index contributed by atoms with van der Waals surface area (Å²) in [6, 6.07) is 7.68. The molecule has 5 N–H and O–H groups in total. The Labute approximate surface area is 204 Å². The third-order valence-electron chi connectivity index (χ3n) is 5.36. The van der Waals surface area contributed by atoms with Crippen LogP contribution >= 0.6 is 11.6 Å². The lowest BCUT2D eigenvalue weighted by molar-refractivity contribution is -0.138. The Balaban J connectivity index is 0.00000281. The van der Waals surface area contributed by atoms with Crippen LogP contribution in [0.15, 0.2) is 36.9 Å². The van der Waals surface area contributed by atoms with Gasteiger partial charge in [-0.3, -0.25) is 4.90 Å². The molecule has 0 saturated carbocycles. The second-order valence-electron chi connectivity index (χ2n) is 7.52. The Kier molecular flexibility index (Phi) is 11.9. The zero-order chi connectivity index (χ0) is 25.9. The highest BCUT2D eigenvalue weighted by atomic mass is 35.5. The minimum absolute atomic E-state index is 0.0409. The lowest BCUT2D eigenvalue weighted by Crippen LogP contribution is -2.39. The number of halogens is 4. The normalized spacial score (nSPS) is 11.9. The Morgan fingerprint density at radius 3 is 2.53 bits per heavy atom. The van der Waals surface area contributed by atoms with Gasteiger partial charge in [0.1, 0.15) is 6.07 Å². The van der Waals surface area contributed by atoms with Gasteiger partial charge in [0.2, 0.25) is 0 Å². The summed E-state index contributed by atoms with van der Waals surface area (Å²) in [6.07, 6.45) is -0.478. The van der Waals surface area contributed by atoms with Crippen LogP contribution in [0, 0.1) is 11.3 Å². The third kappa shape index (κ3) is 7.62. The zero-order valence-corrected chi connectivity index (χ0v) is 20.5. The summed E-state index contributed by atoms with van der Waals surface area (Å²) < 4.78 is 41.5. The monoisotopic (exact) mass is 496 g/mol. The molecule has 1 atom stereocenters. The first-order valence-corrected chi connectivity index (χ1v) is 11.4. The zero-order valence-electron chi connectivity index (χ0n) is 19.7. The summed E-state index contributed by atoms with van der Waals surface area (Å²) in [5.74, 6) is 0. The number of nitriles is 1. The number of alkyl halides is 4. The predicted octanol–water partition coefficient (Wildman–Crippen LogP) is 4.89. The molecule has 0 aliphatic rings. The van der Waals surface area contributed by atoms with Gasteiger partial charge >= 0.3 is 6.18 Å². The van der Waals surface area contributed by atoms with Crippen molar-refractivity contribution in [2.75, 3.05) is 44.1 Å². The molecule has 1 heterocycles. The van der Waals surface area contributed by atoms with E-state index in [2.05, 4.69) is 33.4 Å². The van der Waals surface area contributed by atoms with Gasteiger partial charge in [-0.1, -0.05) is 18.2 Å². The highest BCUT2D eigenvalue weighted by Crippen LogP contribution is 2.36. The van der Waals surface area contributed by atoms with Gasteiger partial charge in [0.15, 0.2) is 5.69 Å². The molecule has 0 aliphatic carbocycles. The fourth-order valence-corrected chi connectivity index (χ4v) is 3.49. The molecule has 0 amide bonds. The number of nitrogens with one attached hydrogen (secondary N) is 1. The van der Waals surface area contributed by atoms with E-state index in [0.29, 0.717) is 31.7 Å². The largest absolute Gasteiger partial charge is 0.416 e. The molecule has 0 bridgehead atoms.